The van der Waals surface area contributed by atoms with Crippen LogP contribution in [0.2, 0.25) is 0 Å². The molecule has 0 aromatic heterocycles. The molecule has 0 unspecified atom stereocenters. The van der Waals surface area contributed by atoms with Gasteiger partial charge in [0.25, 0.3) is 5.17 Å². The number of nitrogens with zero attached hydrogens (tertiary/aromatic N) is 1. The fourth-order valence-electron chi connectivity index (χ4n) is 1.56. The summed E-state index contributed by atoms with van der Waals surface area (Å²) in [6, 6.07) is 18.1. The molecule has 18 heavy (non-hydrogen) atoms. The van der Waals surface area contributed by atoms with Crippen LogP contribution in [0.4, 0.5) is 0 Å². The molecule has 0 spiro atoms. The zero-order chi connectivity index (χ0) is 13.0. The minimum absolute atomic E-state index is 0.459. The first-order valence-corrected chi connectivity index (χ1v) is 6.12. The molecule has 0 heterocycles. The molecule has 2 aromatic rings. The maximum absolute atomic E-state index is 5.60. The summed E-state index contributed by atoms with van der Waals surface area (Å²) in [4.78, 5) is 1.77. The molecule has 3 heteroatoms. The third-order valence-electron chi connectivity index (χ3n) is 2.51. The molecule has 92 valence electrons. The van der Waals surface area contributed by atoms with Crippen LogP contribution in [0.5, 0.6) is 5.75 Å². The second-order valence-electron chi connectivity index (χ2n) is 4.16. The monoisotopic (exact) mass is 257 g/mol. The van der Waals surface area contributed by atoms with E-state index in [1.165, 1.54) is 5.56 Å². The Morgan fingerprint density at radius 3 is 2.28 bits per heavy atom. The summed E-state index contributed by atoms with van der Waals surface area (Å²) in [5.41, 5.74) is 2.29. The van der Waals surface area contributed by atoms with Gasteiger partial charge in [-0.25, -0.2) is 0 Å². The lowest BCUT2D eigenvalue weighted by atomic mass is 10.1. The third kappa shape index (κ3) is 3.08. The van der Waals surface area contributed by atoms with E-state index in [2.05, 4.69) is 18.2 Å². The highest BCUT2D eigenvalue weighted by molar-refractivity contribution is 7.80. The largest absolute Gasteiger partial charge is 0.432 e. The van der Waals surface area contributed by atoms with Gasteiger partial charge >= 0.3 is 0 Å². The van der Waals surface area contributed by atoms with Crippen LogP contribution in [-0.2, 0) is 0 Å². The van der Waals surface area contributed by atoms with Gasteiger partial charge in [-0.05, 0) is 35.5 Å². The lowest BCUT2D eigenvalue weighted by Crippen LogP contribution is -2.24. The SMILES string of the molecule is CN(C)C(=S)Oc1cccc(-c2ccccc2)c1. The van der Waals surface area contributed by atoms with E-state index in [1.54, 1.807) is 4.90 Å². The fraction of sp³-hybridized carbons (Fsp3) is 0.133. The van der Waals surface area contributed by atoms with E-state index in [-0.39, 0.29) is 0 Å². The molecule has 0 saturated carbocycles. The Kier molecular flexibility index (Phi) is 3.95. The van der Waals surface area contributed by atoms with Crippen LogP contribution in [-0.4, -0.2) is 24.2 Å². The van der Waals surface area contributed by atoms with Gasteiger partial charge in [0, 0.05) is 14.1 Å². The first-order chi connectivity index (χ1) is 8.66. The summed E-state index contributed by atoms with van der Waals surface area (Å²) in [6.45, 7) is 0. The van der Waals surface area contributed by atoms with Gasteiger partial charge in [-0.15, -0.1) is 0 Å². The number of thiocarbonyl (C=S) groups is 1. The van der Waals surface area contributed by atoms with Gasteiger partial charge in [0.1, 0.15) is 5.75 Å². The van der Waals surface area contributed by atoms with E-state index >= 15 is 0 Å². The van der Waals surface area contributed by atoms with Crippen LogP contribution in [0.1, 0.15) is 0 Å². The van der Waals surface area contributed by atoms with E-state index in [0.29, 0.717) is 5.17 Å². The molecule has 0 N–H and O–H groups in total. The fourth-order valence-corrected chi connectivity index (χ4v) is 1.66. The van der Waals surface area contributed by atoms with Crippen LogP contribution < -0.4 is 4.74 Å². The smallest absolute Gasteiger partial charge is 0.264 e. The predicted octanol–water partition coefficient (Wildman–Crippen LogP) is 3.58. The van der Waals surface area contributed by atoms with Gasteiger partial charge in [0.2, 0.25) is 0 Å². The lowest BCUT2D eigenvalue weighted by Gasteiger charge is -2.14. The molecule has 2 aromatic carbocycles. The minimum atomic E-state index is 0.459. The third-order valence-corrected chi connectivity index (χ3v) is 2.96. The summed E-state index contributed by atoms with van der Waals surface area (Å²) < 4.78 is 5.60. The van der Waals surface area contributed by atoms with Crippen molar-refractivity contribution in [3.05, 3.63) is 54.6 Å². The first kappa shape index (κ1) is 12.6. The summed E-state index contributed by atoms with van der Waals surface area (Å²) in [7, 11) is 3.73. The van der Waals surface area contributed by atoms with Gasteiger partial charge in [0.15, 0.2) is 0 Å². The molecule has 0 fully saturated rings. The van der Waals surface area contributed by atoms with Crippen LogP contribution >= 0.6 is 12.2 Å². The molecule has 0 atom stereocenters. The van der Waals surface area contributed by atoms with Crippen molar-refractivity contribution < 1.29 is 4.74 Å². The highest BCUT2D eigenvalue weighted by Crippen LogP contribution is 2.23. The van der Waals surface area contributed by atoms with Crippen LogP contribution in [0.3, 0.4) is 0 Å². The maximum Gasteiger partial charge on any atom is 0.264 e. The molecule has 0 aliphatic carbocycles. The average molecular weight is 257 g/mol. The Labute approximate surface area is 113 Å². The van der Waals surface area contributed by atoms with Crippen LogP contribution in [0, 0.1) is 0 Å². The minimum Gasteiger partial charge on any atom is -0.432 e. The van der Waals surface area contributed by atoms with Crippen molar-refractivity contribution in [1.29, 1.82) is 0 Å². The van der Waals surface area contributed by atoms with Crippen molar-refractivity contribution in [2.45, 2.75) is 0 Å². The van der Waals surface area contributed by atoms with E-state index in [9.17, 15) is 0 Å². The average Bonchev–Trinajstić information content (AvgIpc) is 2.40. The quantitative estimate of drug-likeness (QED) is 0.763. The van der Waals surface area contributed by atoms with Crippen LogP contribution in [0.15, 0.2) is 54.6 Å². The Balaban J connectivity index is 2.23. The van der Waals surface area contributed by atoms with E-state index in [1.807, 2.05) is 50.5 Å². The van der Waals surface area contributed by atoms with Gasteiger partial charge < -0.3 is 9.64 Å². The highest BCUT2D eigenvalue weighted by atomic mass is 32.1. The number of hydrogen-bond donors (Lipinski definition) is 0. The van der Waals surface area contributed by atoms with Crippen molar-refractivity contribution >= 4 is 17.4 Å². The summed E-state index contributed by atoms with van der Waals surface area (Å²) in [5.74, 6) is 0.759. The Hall–Kier alpha value is -1.87. The molecule has 0 radical (unpaired) electrons. The van der Waals surface area contributed by atoms with Gasteiger partial charge in [-0.2, -0.15) is 0 Å². The molecule has 0 amide bonds. The van der Waals surface area contributed by atoms with Gasteiger partial charge in [0.05, 0.1) is 0 Å². The summed E-state index contributed by atoms with van der Waals surface area (Å²) in [6.07, 6.45) is 0. The molecule has 0 aliphatic heterocycles. The predicted molar refractivity (Wildman–Crippen MR) is 78.8 cm³/mol. The molecule has 0 aliphatic rings. The Bertz CT molecular complexity index is 537. The number of benzene rings is 2. The van der Waals surface area contributed by atoms with Crippen molar-refractivity contribution in [1.82, 2.24) is 4.90 Å². The molecular formula is C15H15NOS. The first-order valence-electron chi connectivity index (χ1n) is 5.71. The molecule has 0 bridgehead atoms. The van der Waals surface area contributed by atoms with Crippen LogP contribution in [0.25, 0.3) is 11.1 Å². The summed E-state index contributed by atoms with van der Waals surface area (Å²) >= 11 is 5.12. The van der Waals surface area contributed by atoms with Gasteiger partial charge in [-0.1, -0.05) is 42.5 Å². The second kappa shape index (κ2) is 5.65. The van der Waals surface area contributed by atoms with Crippen molar-refractivity contribution in [2.24, 2.45) is 0 Å². The molecular weight excluding hydrogens is 242 g/mol. The maximum atomic E-state index is 5.60. The topological polar surface area (TPSA) is 12.5 Å². The van der Waals surface area contributed by atoms with Crippen molar-refractivity contribution in [2.75, 3.05) is 14.1 Å². The van der Waals surface area contributed by atoms with E-state index in [0.717, 1.165) is 11.3 Å². The lowest BCUT2D eigenvalue weighted by molar-refractivity contribution is 0.449. The number of ether oxygens (including phenoxy) is 1. The van der Waals surface area contributed by atoms with E-state index in [4.69, 9.17) is 17.0 Å². The van der Waals surface area contributed by atoms with Gasteiger partial charge in [-0.3, -0.25) is 0 Å². The number of rotatable bonds is 2. The molecule has 2 nitrogen and oxygen atoms in total. The number of hydrogen-bond acceptors (Lipinski definition) is 2. The Morgan fingerprint density at radius 2 is 1.61 bits per heavy atom. The molecule has 2 rings (SSSR count). The summed E-state index contributed by atoms with van der Waals surface area (Å²) in [5, 5.41) is 0.459. The van der Waals surface area contributed by atoms with E-state index < -0.39 is 0 Å². The zero-order valence-electron chi connectivity index (χ0n) is 10.5. The van der Waals surface area contributed by atoms with Crippen molar-refractivity contribution in [3.8, 4) is 16.9 Å². The molecule has 0 saturated heterocycles. The second-order valence-corrected chi connectivity index (χ2v) is 4.51. The highest BCUT2D eigenvalue weighted by Gasteiger charge is 2.04. The van der Waals surface area contributed by atoms with Crippen molar-refractivity contribution in [3.63, 3.8) is 0 Å². The normalized spacial score (nSPS) is 9.89. The Morgan fingerprint density at radius 1 is 0.944 bits per heavy atom. The zero-order valence-corrected chi connectivity index (χ0v) is 11.3. The standard InChI is InChI=1S/C15H15NOS/c1-16(2)15(18)17-14-10-6-9-13(11-14)12-7-4-3-5-8-12/h3-11H,1-2H3.